The molecule has 0 aliphatic carbocycles. The molecule has 0 aliphatic heterocycles. The number of H-pyrrole nitrogens is 1. The Morgan fingerprint density at radius 2 is 2.50 bits per heavy atom. The van der Waals surface area contributed by atoms with Crippen molar-refractivity contribution in [1.82, 2.24) is 9.97 Å². The van der Waals surface area contributed by atoms with Crippen molar-refractivity contribution in [3.63, 3.8) is 0 Å². The number of nitrogens with one attached hydrogen (secondary N) is 1. The van der Waals surface area contributed by atoms with Crippen LogP contribution in [-0.4, -0.2) is 21.7 Å². The second-order valence-corrected chi connectivity index (χ2v) is 2.86. The van der Waals surface area contributed by atoms with Gasteiger partial charge in [0.1, 0.15) is 5.82 Å². The van der Waals surface area contributed by atoms with Gasteiger partial charge in [0.15, 0.2) is 0 Å². The van der Waals surface area contributed by atoms with E-state index in [2.05, 4.69) is 16.5 Å². The van der Waals surface area contributed by atoms with Crippen LogP contribution >= 0.6 is 0 Å². The molecule has 0 saturated heterocycles. The first-order chi connectivity index (χ1) is 5.74. The van der Waals surface area contributed by atoms with Crippen LogP contribution in [-0.2, 0) is 6.42 Å². The first-order valence-electron chi connectivity index (χ1n) is 4.04. The Balaban J connectivity index is 2.58. The summed E-state index contributed by atoms with van der Waals surface area (Å²) < 4.78 is 0. The zero-order valence-corrected chi connectivity index (χ0v) is 7.30. The number of aromatic nitrogens is 2. The fourth-order valence-electron chi connectivity index (χ4n) is 0.973. The molecule has 0 aromatic carbocycles. The maximum absolute atomic E-state index is 8.59. The fourth-order valence-corrected chi connectivity index (χ4v) is 0.973. The Bertz CT molecular complexity index is 265. The van der Waals surface area contributed by atoms with Crippen molar-refractivity contribution in [3.05, 3.63) is 24.3 Å². The minimum Gasteiger partial charge on any atom is -0.396 e. The highest BCUT2D eigenvalue weighted by molar-refractivity contribution is 5.54. The van der Waals surface area contributed by atoms with E-state index in [1.807, 2.05) is 6.92 Å². The summed E-state index contributed by atoms with van der Waals surface area (Å²) in [7, 11) is 0. The molecular weight excluding hydrogens is 152 g/mol. The molecule has 1 heterocycles. The van der Waals surface area contributed by atoms with Crippen LogP contribution < -0.4 is 0 Å². The number of aliphatic hydroxyl groups excluding tert-OH is 1. The summed E-state index contributed by atoms with van der Waals surface area (Å²) in [6, 6.07) is 0. The molecule has 0 radical (unpaired) electrons. The van der Waals surface area contributed by atoms with Gasteiger partial charge in [-0.2, -0.15) is 0 Å². The summed E-state index contributed by atoms with van der Waals surface area (Å²) in [5, 5.41) is 8.59. The Hall–Kier alpha value is -1.09. The molecule has 0 spiro atoms. The van der Waals surface area contributed by atoms with Gasteiger partial charge in [0, 0.05) is 18.5 Å². The number of rotatable bonds is 4. The third-order valence-corrected chi connectivity index (χ3v) is 1.64. The molecule has 0 fully saturated rings. The van der Waals surface area contributed by atoms with Crippen LogP contribution in [0.15, 0.2) is 12.8 Å². The van der Waals surface area contributed by atoms with Gasteiger partial charge in [-0.3, -0.25) is 0 Å². The van der Waals surface area contributed by atoms with E-state index in [1.54, 1.807) is 6.20 Å². The summed E-state index contributed by atoms with van der Waals surface area (Å²) >= 11 is 0. The highest BCUT2D eigenvalue weighted by Gasteiger charge is 1.99. The third-order valence-electron chi connectivity index (χ3n) is 1.64. The van der Waals surface area contributed by atoms with E-state index >= 15 is 0 Å². The van der Waals surface area contributed by atoms with Crippen molar-refractivity contribution in [2.45, 2.75) is 19.8 Å². The van der Waals surface area contributed by atoms with Crippen LogP contribution in [0.25, 0.3) is 5.57 Å². The van der Waals surface area contributed by atoms with Crippen molar-refractivity contribution in [3.8, 4) is 0 Å². The number of aryl methyl sites for hydroxylation is 1. The molecule has 0 atom stereocenters. The zero-order valence-electron chi connectivity index (χ0n) is 7.30. The van der Waals surface area contributed by atoms with E-state index < -0.39 is 0 Å². The normalized spacial score (nSPS) is 10.2. The lowest BCUT2D eigenvalue weighted by atomic mass is 10.3. The van der Waals surface area contributed by atoms with Crippen LogP contribution in [0.5, 0.6) is 0 Å². The SMILES string of the molecule is C=C(C)c1ncc(CCCO)[nH]1. The average molecular weight is 166 g/mol. The molecule has 0 amide bonds. The molecule has 1 rings (SSSR count). The zero-order chi connectivity index (χ0) is 8.97. The summed E-state index contributed by atoms with van der Waals surface area (Å²) in [6.07, 6.45) is 3.41. The first kappa shape index (κ1) is 9.00. The molecule has 0 bridgehead atoms. The van der Waals surface area contributed by atoms with Gasteiger partial charge in [-0.15, -0.1) is 0 Å². The second-order valence-electron chi connectivity index (χ2n) is 2.86. The molecule has 1 aromatic heterocycles. The van der Waals surface area contributed by atoms with Crippen molar-refractivity contribution in [2.75, 3.05) is 6.61 Å². The minimum absolute atomic E-state index is 0.224. The molecule has 1 aromatic rings. The van der Waals surface area contributed by atoms with Gasteiger partial charge in [-0.25, -0.2) is 4.98 Å². The van der Waals surface area contributed by atoms with Gasteiger partial charge in [0.2, 0.25) is 0 Å². The summed E-state index contributed by atoms with van der Waals surface area (Å²) in [4.78, 5) is 7.26. The lowest BCUT2D eigenvalue weighted by molar-refractivity contribution is 0.288. The maximum Gasteiger partial charge on any atom is 0.132 e. The number of hydrogen-bond donors (Lipinski definition) is 2. The van der Waals surface area contributed by atoms with Crippen molar-refractivity contribution in [1.29, 1.82) is 0 Å². The van der Waals surface area contributed by atoms with Crippen LogP contribution in [0.2, 0.25) is 0 Å². The first-order valence-corrected chi connectivity index (χ1v) is 4.04. The molecule has 3 nitrogen and oxygen atoms in total. The quantitative estimate of drug-likeness (QED) is 0.709. The molecular formula is C9H14N2O. The molecule has 12 heavy (non-hydrogen) atoms. The smallest absolute Gasteiger partial charge is 0.132 e. The minimum atomic E-state index is 0.224. The van der Waals surface area contributed by atoms with Gasteiger partial charge in [0.25, 0.3) is 0 Å². The standard InChI is InChI=1S/C9H14N2O/c1-7(2)9-10-6-8(11-9)4-3-5-12/h6,12H,1,3-5H2,2H3,(H,10,11). The van der Waals surface area contributed by atoms with Crippen LogP contribution in [0.1, 0.15) is 24.9 Å². The van der Waals surface area contributed by atoms with Gasteiger partial charge >= 0.3 is 0 Å². The van der Waals surface area contributed by atoms with Crippen LogP contribution in [0.3, 0.4) is 0 Å². The summed E-state index contributed by atoms with van der Waals surface area (Å²) in [5.74, 6) is 0.836. The average Bonchev–Trinajstić information content (AvgIpc) is 2.48. The highest BCUT2D eigenvalue weighted by atomic mass is 16.2. The molecule has 3 heteroatoms. The largest absolute Gasteiger partial charge is 0.396 e. The molecule has 66 valence electrons. The Morgan fingerprint density at radius 3 is 3.00 bits per heavy atom. The predicted octanol–water partition coefficient (Wildman–Crippen LogP) is 1.37. The van der Waals surface area contributed by atoms with E-state index in [9.17, 15) is 0 Å². The third kappa shape index (κ3) is 2.20. The summed E-state index contributed by atoms with van der Waals surface area (Å²) in [5.41, 5.74) is 1.99. The monoisotopic (exact) mass is 166 g/mol. The van der Waals surface area contributed by atoms with Gasteiger partial charge in [0.05, 0.1) is 0 Å². The highest BCUT2D eigenvalue weighted by Crippen LogP contribution is 2.07. The molecule has 0 aliphatic rings. The number of allylic oxidation sites excluding steroid dienone is 1. The Kier molecular flexibility index (Phi) is 3.05. The van der Waals surface area contributed by atoms with Crippen molar-refractivity contribution < 1.29 is 5.11 Å². The molecule has 2 N–H and O–H groups in total. The maximum atomic E-state index is 8.59. The topological polar surface area (TPSA) is 48.9 Å². The second kappa shape index (κ2) is 4.07. The summed E-state index contributed by atoms with van der Waals surface area (Å²) in [6.45, 7) is 5.91. The van der Waals surface area contributed by atoms with E-state index in [-0.39, 0.29) is 6.61 Å². The molecule has 0 saturated carbocycles. The van der Waals surface area contributed by atoms with Crippen molar-refractivity contribution in [2.24, 2.45) is 0 Å². The number of hydrogen-bond acceptors (Lipinski definition) is 2. The van der Waals surface area contributed by atoms with Crippen LogP contribution in [0, 0.1) is 0 Å². The molecule has 0 unspecified atom stereocenters. The Labute approximate surface area is 72.2 Å². The predicted molar refractivity (Wildman–Crippen MR) is 48.7 cm³/mol. The van der Waals surface area contributed by atoms with Crippen LogP contribution in [0.4, 0.5) is 0 Å². The number of nitrogens with zero attached hydrogens (tertiary/aromatic N) is 1. The van der Waals surface area contributed by atoms with Gasteiger partial charge in [-0.05, 0) is 25.3 Å². The lowest BCUT2D eigenvalue weighted by Crippen LogP contribution is -1.89. The Morgan fingerprint density at radius 1 is 1.75 bits per heavy atom. The number of imidazole rings is 1. The fraction of sp³-hybridized carbons (Fsp3) is 0.444. The van der Waals surface area contributed by atoms with Crippen molar-refractivity contribution >= 4 is 5.57 Å². The van der Waals surface area contributed by atoms with E-state index in [0.29, 0.717) is 0 Å². The lowest BCUT2D eigenvalue weighted by Gasteiger charge is -1.93. The van der Waals surface area contributed by atoms with Gasteiger partial charge in [-0.1, -0.05) is 6.58 Å². The van der Waals surface area contributed by atoms with E-state index in [0.717, 1.165) is 29.9 Å². The number of aromatic amines is 1. The van der Waals surface area contributed by atoms with Gasteiger partial charge < -0.3 is 10.1 Å². The number of aliphatic hydroxyl groups is 1. The van der Waals surface area contributed by atoms with E-state index in [1.165, 1.54) is 0 Å². The van der Waals surface area contributed by atoms with E-state index in [4.69, 9.17) is 5.11 Å².